The van der Waals surface area contributed by atoms with E-state index >= 15 is 0 Å². The third-order valence-electron chi connectivity index (χ3n) is 7.91. The number of likely N-dealkylation sites (tertiary alicyclic amines) is 1. The Hall–Kier alpha value is -3.30. The standard InChI is InChI=1S/C32H36Cl2N6O5S3/c1-4-15-46-30-27(22-9-10-24(33)25(34)17-22)36-31(47-30)40-28(29(41)39-13-11-20(12-14-39)18-35-32(42)43)23(19(2)37-40)16-21-7-5-6-8-26(21)38-48(3,44)45/h5-10,17,20,35,38H,4,11-16,18H2,1-3H3,(H,42,43). The number of rotatable bonds is 12. The van der Waals surface area contributed by atoms with E-state index in [1.54, 1.807) is 45.6 Å². The van der Waals surface area contributed by atoms with E-state index in [-0.39, 0.29) is 18.2 Å². The van der Waals surface area contributed by atoms with Crippen molar-refractivity contribution in [2.75, 3.05) is 36.4 Å². The summed E-state index contributed by atoms with van der Waals surface area (Å²) in [6.07, 6.45) is 2.51. The molecule has 2 aromatic heterocycles. The number of sulfonamides is 1. The summed E-state index contributed by atoms with van der Waals surface area (Å²) in [5.74, 6) is 0.759. The van der Waals surface area contributed by atoms with Gasteiger partial charge in [-0.3, -0.25) is 9.52 Å². The molecular weight excluding hydrogens is 715 g/mol. The summed E-state index contributed by atoms with van der Waals surface area (Å²) >= 11 is 15.7. The van der Waals surface area contributed by atoms with Crippen LogP contribution in [0.2, 0.25) is 10.0 Å². The fourth-order valence-electron chi connectivity index (χ4n) is 5.52. The molecule has 2 aromatic carbocycles. The third kappa shape index (κ3) is 8.64. The number of benzene rings is 2. The zero-order valence-electron chi connectivity index (χ0n) is 26.6. The van der Waals surface area contributed by atoms with E-state index in [1.165, 1.54) is 11.3 Å². The van der Waals surface area contributed by atoms with E-state index in [4.69, 9.17) is 38.4 Å². The van der Waals surface area contributed by atoms with Crippen LogP contribution in [0.4, 0.5) is 10.5 Å². The Kier molecular flexibility index (Phi) is 11.6. The van der Waals surface area contributed by atoms with Crippen LogP contribution >= 0.6 is 46.3 Å². The molecule has 0 aliphatic carbocycles. The van der Waals surface area contributed by atoms with Crippen LogP contribution in [0.3, 0.4) is 0 Å². The van der Waals surface area contributed by atoms with E-state index in [9.17, 15) is 18.0 Å². The van der Waals surface area contributed by atoms with Gasteiger partial charge in [0.2, 0.25) is 15.2 Å². The van der Waals surface area contributed by atoms with Gasteiger partial charge in [-0.1, -0.05) is 65.7 Å². The second-order valence-electron chi connectivity index (χ2n) is 11.6. The molecule has 1 saturated heterocycles. The number of hydrogen-bond donors (Lipinski definition) is 3. The fraction of sp³-hybridized carbons (Fsp3) is 0.375. The normalized spacial score (nSPS) is 13.9. The van der Waals surface area contributed by atoms with Crippen molar-refractivity contribution >= 4 is 74.0 Å². The quantitative estimate of drug-likeness (QED) is 0.129. The maximum absolute atomic E-state index is 14.5. The van der Waals surface area contributed by atoms with Gasteiger partial charge in [-0.2, -0.15) is 9.78 Å². The minimum atomic E-state index is -3.56. The predicted octanol–water partition coefficient (Wildman–Crippen LogP) is 7.20. The van der Waals surface area contributed by atoms with Crippen LogP contribution in [0.5, 0.6) is 0 Å². The number of nitrogens with zero attached hydrogens (tertiary/aromatic N) is 4. The average molecular weight is 752 g/mol. The summed E-state index contributed by atoms with van der Waals surface area (Å²) in [7, 11) is -3.56. The van der Waals surface area contributed by atoms with Crippen molar-refractivity contribution in [3.05, 3.63) is 75.0 Å². The van der Waals surface area contributed by atoms with E-state index in [0.717, 1.165) is 33.9 Å². The number of para-hydroxylation sites is 1. The monoisotopic (exact) mass is 750 g/mol. The first kappa shape index (κ1) is 36.0. The number of anilines is 1. The smallest absolute Gasteiger partial charge is 0.404 e. The Balaban J connectivity index is 1.59. The molecule has 3 N–H and O–H groups in total. The number of carboxylic acid groups (broad SMARTS) is 1. The Bertz CT molecular complexity index is 1920. The average Bonchev–Trinajstić information content (AvgIpc) is 3.61. The number of halogens is 2. The van der Waals surface area contributed by atoms with Crippen LogP contribution in [-0.2, 0) is 16.4 Å². The van der Waals surface area contributed by atoms with Crippen LogP contribution < -0.4 is 10.0 Å². The molecule has 0 saturated carbocycles. The van der Waals surface area contributed by atoms with Crippen molar-refractivity contribution in [2.45, 2.75) is 43.7 Å². The molecule has 1 aliphatic rings. The van der Waals surface area contributed by atoms with E-state index < -0.39 is 16.1 Å². The van der Waals surface area contributed by atoms with Crippen LogP contribution in [0, 0.1) is 12.8 Å². The van der Waals surface area contributed by atoms with Crippen LogP contribution in [-0.4, -0.2) is 76.8 Å². The zero-order chi connectivity index (χ0) is 34.6. The highest BCUT2D eigenvalue weighted by Crippen LogP contribution is 2.40. The SMILES string of the molecule is CCCSc1sc(-n2nc(C)c(Cc3ccccc3NS(C)(=O)=O)c2C(=O)N2CCC(CNC(=O)O)CC2)nc1-c1ccc(Cl)c(Cl)c1. The summed E-state index contributed by atoms with van der Waals surface area (Å²) in [6.45, 7) is 5.16. The van der Waals surface area contributed by atoms with Crippen molar-refractivity contribution in [3.63, 3.8) is 0 Å². The number of carbonyl (C=O) groups excluding carboxylic acids is 1. The number of aromatic nitrogens is 3. The first-order chi connectivity index (χ1) is 22.8. The molecule has 1 fully saturated rings. The maximum Gasteiger partial charge on any atom is 0.404 e. The second-order valence-corrected chi connectivity index (χ2v) is 16.5. The molecule has 0 unspecified atom stereocenters. The molecule has 4 aromatic rings. The lowest BCUT2D eigenvalue weighted by atomic mass is 9.96. The Morgan fingerprint density at radius 1 is 1.12 bits per heavy atom. The molecule has 0 bridgehead atoms. The van der Waals surface area contributed by atoms with E-state index in [2.05, 4.69) is 17.0 Å². The van der Waals surface area contributed by atoms with Gasteiger partial charge in [-0.25, -0.2) is 18.2 Å². The van der Waals surface area contributed by atoms with Crippen molar-refractivity contribution in [1.82, 2.24) is 25.0 Å². The van der Waals surface area contributed by atoms with Gasteiger partial charge in [-0.05, 0) is 61.6 Å². The summed E-state index contributed by atoms with van der Waals surface area (Å²) in [5, 5.41) is 17.7. The molecule has 11 nitrogen and oxygen atoms in total. The maximum atomic E-state index is 14.5. The van der Waals surface area contributed by atoms with Gasteiger partial charge in [0.15, 0.2) is 0 Å². The van der Waals surface area contributed by atoms with Gasteiger partial charge < -0.3 is 15.3 Å². The number of nitrogens with one attached hydrogen (secondary N) is 2. The van der Waals surface area contributed by atoms with Gasteiger partial charge in [0, 0.05) is 37.2 Å². The summed E-state index contributed by atoms with van der Waals surface area (Å²) in [4.78, 5) is 32.3. The van der Waals surface area contributed by atoms with Crippen LogP contribution in [0.1, 0.15) is 53.5 Å². The summed E-state index contributed by atoms with van der Waals surface area (Å²) < 4.78 is 29.5. The summed E-state index contributed by atoms with van der Waals surface area (Å²) in [5.41, 5.74) is 4.24. The lowest BCUT2D eigenvalue weighted by molar-refractivity contribution is 0.0678. The van der Waals surface area contributed by atoms with Gasteiger partial charge in [0.1, 0.15) is 5.69 Å². The largest absolute Gasteiger partial charge is 0.465 e. The highest BCUT2D eigenvalue weighted by molar-refractivity contribution is 8.01. The number of piperidine rings is 1. The fourth-order valence-corrected chi connectivity index (χ4v) is 8.60. The molecule has 3 heterocycles. The summed E-state index contributed by atoms with van der Waals surface area (Å²) in [6, 6.07) is 12.5. The highest BCUT2D eigenvalue weighted by atomic mass is 35.5. The minimum absolute atomic E-state index is 0.121. The second kappa shape index (κ2) is 15.5. The number of thiazole rings is 1. The number of thioether (sulfide) groups is 1. The topological polar surface area (TPSA) is 147 Å². The number of carbonyl (C=O) groups is 2. The number of amides is 2. The van der Waals surface area contributed by atoms with Crippen LogP contribution in [0.25, 0.3) is 16.4 Å². The molecule has 0 radical (unpaired) electrons. The predicted molar refractivity (Wildman–Crippen MR) is 193 cm³/mol. The van der Waals surface area contributed by atoms with E-state index in [0.29, 0.717) is 75.9 Å². The molecule has 16 heteroatoms. The van der Waals surface area contributed by atoms with Crippen molar-refractivity contribution in [1.29, 1.82) is 0 Å². The molecule has 2 amide bonds. The van der Waals surface area contributed by atoms with Crippen molar-refractivity contribution in [2.24, 2.45) is 5.92 Å². The molecular formula is C32H36Cl2N6O5S3. The first-order valence-electron chi connectivity index (χ1n) is 15.3. The van der Waals surface area contributed by atoms with Crippen molar-refractivity contribution < 1.29 is 23.1 Å². The number of aryl methyl sites for hydroxylation is 1. The van der Waals surface area contributed by atoms with Gasteiger partial charge in [-0.15, -0.1) is 11.8 Å². The van der Waals surface area contributed by atoms with Gasteiger partial charge in [0.25, 0.3) is 5.91 Å². The first-order valence-corrected chi connectivity index (χ1v) is 19.8. The lowest BCUT2D eigenvalue weighted by Gasteiger charge is -2.32. The highest BCUT2D eigenvalue weighted by Gasteiger charge is 2.32. The van der Waals surface area contributed by atoms with Gasteiger partial charge in [0.05, 0.1) is 37.6 Å². The van der Waals surface area contributed by atoms with E-state index in [1.807, 2.05) is 25.1 Å². The molecule has 0 atom stereocenters. The van der Waals surface area contributed by atoms with Crippen molar-refractivity contribution in [3.8, 4) is 16.4 Å². The Labute approximate surface area is 298 Å². The van der Waals surface area contributed by atoms with Gasteiger partial charge >= 0.3 is 6.09 Å². The molecule has 256 valence electrons. The molecule has 0 spiro atoms. The molecule has 5 rings (SSSR count). The molecule has 48 heavy (non-hydrogen) atoms. The Morgan fingerprint density at radius 2 is 1.85 bits per heavy atom. The minimum Gasteiger partial charge on any atom is -0.465 e. The van der Waals surface area contributed by atoms with Crippen LogP contribution in [0.15, 0.2) is 46.7 Å². The Morgan fingerprint density at radius 3 is 2.52 bits per heavy atom. The third-order valence-corrected chi connectivity index (χ3v) is 11.7. The number of hydrogen-bond acceptors (Lipinski definition) is 8. The molecule has 1 aliphatic heterocycles. The zero-order valence-corrected chi connectivity index (χ0v) is 30.6. The lowest BCUT2D eigenvalue weighted by Crippen LogP contribution is -2.42.